The smallest absolute Gasteiger partial charge is 0.260 e. The largest absolute Gasteiger partial charge is 0.493 e. The first-order valence-corrected chi connectivity index (χ1v) is 7.50. The average molecular weight is 292 g/mol. The summed E-state index contributed by atoms with van der Waals surface area (Å²) < 4.78 is 10.8. The van der Waals surface area contributed by atoms with E-state index in [1.165, 1.54) is 0 Å². The van der Waals surface area contributed by atoms with Crippen LogP contribution in [0.25, 0.3) is 0 Å². The molecule has 0 radical (unpaired) electrons. The van der Waals surface area contributed by atoms with E-state index >= 15 is 0 Å². The normalized spacial score (nSPS) is 15.8. The number of piperazine rings is 1. The Morgan fingerprint density at radius 3 is 2.43 bits per heavy atom. The summed E-state index contributed by atoms with van der Waals surface area (Å²) in [4.78, 5) is 16.4. The zero-order valence-electron chi connectivity index (χ0n) is 12.9. The number of rotatable bonds is 6. The molecule has 1 aromatic carbocycles. The van der Waals surface area contributed by atoms with Crippen LogP contribution in [0.3, 0.4) is 0 Å². The summed E-state index contributed by atoms with van der Waals surface area (Å²) in [5, 5.41) is 0. The Bertz CT molecular complexity index is 457. The van der Waals surface area contributed by atoms with Gasteiger partial charge in [-0.2, -0.15) is 0 Å². The van der Waals surface area contributed by atoms with Gasteiger partial charge in [-0.3, -0.25) is 9.69 Å². The van der Waals surface area contributed by atoms with Crippen LogP contribution in [0.1, 0.15) is 13.3 Å². The molecular weight excluding hydrogens is 268 g/mol. The summed E-state index contributed by atoms with van der Waals surface area (Å²) in [7, 11) is 1.59. The predicted molar refractivity (Wildman–Crippen MR) is 81.8 cm³/mol. The second kappa shape index (κ2) is 7.88. The van der Waals surface area contributed by atoms with Gasteiger partial charge in [0.15, 0.2) is 18.1 Å². The van der Waals surface area contributed by atoms with Gasteiger partial charge in [-0.1, -0.05) is 19.1 Å². The summed E-state index contributed by atoms with van der Waals surface area (Å²) in [5.41, 5.74) is 0. The highest BCUT2D eigenvalue weighted by Gasteiger charge is 2.21. The molecule has 0 unspecified atom stereocenters. The quantitative estimate of drug-likeness (QED) is 0.799. The van der Waals surface area contributed by atoms with Crippen LogP contribution in [0.15, 0.2) is 24.3 Å². The molecule has 5 heteroatoms. The topological polar surface area (TPSA) is 42.0 Å². The second-order valence-corrected chi connectivity index (χ2v) is 5.16. The Hall–Kier alpha value is -1.75. The molecule has 0 bridgehead atoms. The lowest BCUT2D eigenvalue weighted by molar-refractivity contribution is -0.135. The summed E-state index contributed by atoms with van der Waals surface area (Å²) in [6, 6.07) is 7.38. The average Bonchev–Trinajstić information content (AvgIpc) is 2.54. The SMILES string of the molecule is CCCN1CCN(C(=O)COc2ccccc2OC)CC1. The van der Waals surface area contributed by atoms with Crippen molar-refractivity contribution in [1.29, 1.82) is 0 Å². The molecule has 0 aliphatic carbocycles. The number of hydrogen-bond acceptors (Lipinski definition) is 4. The maximum atomic E-state index is 12.2. The third-order valence-corrected chi connectivity index (χ3v) is 3.69. The first-order chi connectivity index (χ1) is 10.2. The predicted octanol–water partition coefficient (Wildman–Crippen LogP) is 1.63. The molecule has 1 aliphatic rings. The fraction of sp³-hybridized carbons (Fsp3) is 0.562. The van der Waals surface area contributed by atoms with E-state index in [0.717, 1.165) is 39.1 Å². The highest BCUT2D eigenvalue weighted by atomic mass is 16.5. The molecule has 0 saturated carbocycles. The van der Waals surface area contributed by atoms with E-state index in [2.05, 4.69) is 11.8 Å². The van der Waals surface area contributed by atoms with Crippen molar-refractivity contribution in [3.63, 3.8) is 0 Å². The van der Waals surface area contributed by atoms with Crippen LogP contribution in [0.2, 0.25) is 0 Å². The van der Waals surface area contributed by atoms with Crippen LogP contribution >= 0.6 is 0 Å². The van der Waals surface area contributed by atoms with Crippen molar-refractivity contribution in [2.24, 2.45) is 0 Å². The number of nitrogens with zero attached hydrogens (tertiary/aromatic N) is 2. The molecule has 0 N–H and O–H groups in total. The monoisotopic (exact) mass is 292 g/mol. The summed E-state index contributed by atoms with van der Waals surface area (Å²) >= 11 is 0. The molecule has 1 fully saturated rings. The molecule has 0 atom stereocenters. The molecule has 0 spiro atoms. The standard InChI is InChI=1S/C16H24N2O3/c1-3-8-17-9-11-18(12-10-17)16(19)13-21-15-7-5-4-6-14(15)20-2/h4-7H,3,8-13H2,1-2H3. The van der Waals surface area contributed by atoms with Crippen molar-refractivity contribution in [1.82, 2.24) is 9.80 Å². The van der Waals surface area contributed by atoms with Crippen LogP contribution in [0.5, 0.6) is 11.5 Å². The summed E-state index contributed by atoms with van der Waals surface area (Å²) in [6.45, 7) is 6.83. The van der Waals surface area contributed by atoms with Gasteiger partial charge >= 0.3 is 0 Å². The Kier molecular flexibility index (Phi) is 5.87. The van der Waals surface area contributed by atoms with Gasteiger partial charge in [0.2, 0.25) is 0 Å². The lowest BCUT2D eigenvalue weighted by Crippen LogP contribution is -2.50. The lowest BCUT2D eigenvalue weighted by atomic mass is 10.3. The van der Waals surface area contributed by atoms with Crippen molar-refractivity contribution in [2.45, 2.75) is 13.3 Å². The van der Waals surface area contributed by atoms with E-state index < -0.39 is 0 Å². The molecule has 1 heterocycles. The fourth-order valence-corrected chi connectivity index (χ4v) is 2.51. The van der Waals surface area contributed by atoms with Gasteiger partial charge in [-0.15, -0.1) is 0 Å². The Labute approximate surface area is 126 Å². The minimum absolute atomic E-state index is 0.0389. The molecule has 116 valence electrons. The Morgan fingerprint density at radius 2 is 1.81 bits per heavy atom. The van der Waals surface area contributed by atoms with E-state index in [1.807, 2.05) is 29.2 Å². The lowest BCUT2D eigenvalue weighted by Gasteiger charge is -2.34. The molecule has 21 heavy (non-hydrogen) atoms. The minimum Gasteiger partial charge on any atom is -0.493 e. The third-order valence-electron chi connectivity index (χ3n) is 3.69. The van der Waals surface area contributed by atoms with Gasteiger partial charge < -0.3 is 14.4 Å². The highest BCUT2D eigenvalue weighted by Crippen LogP contribution is 2.25. The molecule has 1 aliphatic heterocycles. The number of para-hydroxylation sites is 2. The molecule has 0 aromatic heterocycles. The number of ether oxygens (including phenoxy) is 2. The first-order valence-electron chi connectivity index (χ1n) is 7.50. The van der Waals surface area contributed by atoms with Crippen molar-refractivity contribution < 1.29 is 14.3 Å². The van der Waals surface area contributed by atoms with E-state index in [4.69, 9.17) is 9.47 Å². The number of amides is 1. The van der Waals surface area contributed by atoms with Gasteiger partial charge in [0.05, 0.1) is 7.11 Å². The number of hydrogen-bond donors (Lipinski definition) is 0. The van der Waals surface area contributed by atoms with Crippen LogP contribution in [0.4, 0.5) is 0 Å². The van der Waals surface area contributed by atoms with Crippen LogP contribution < -0.4 is 9.47 Å². The maximum absolute atomic E-state index is 12.2. The molecule has 2 rings (SSSR count). The second-order valence-electron chi connectivity index (χ2n) is 5.16. The van der Waals surface area contributed by atoms with Gasteiger partial charge in [-0.25, -0.2) is 0 Å². The van der Waals surface area contributed by atoms with E-state index in [1.54, 1.807) is 7.11 Å². The molecule has 1 saturated heterocycles. The molecular formula is C16H24N2O3. The van der Waals surface area contributed by atoms with Crippen molar-refractivity contribution >= 4 is 5.91 Å². The maximum Gasteiger partial charge on any atom is 0.260 e. The van der Waals surface area contributed by atoms with Crippen molar-refractivity contribution in [2.75, 3.05) is 46.4 Å². The Morgan fingerprint density at radius 1 is 1.14 bits per heavy atom. The molecule has 5 nitrogen and oxygen atoms in total. The number of carbonyl (C=O) groups is 1. The molecule has 1 amide bonds. The van der Waals surface area contributed by atoms with E-state index in [0.29, 0.717) is 11.5 Å². The van der Waals surface area contributed by atoms with Crippen molar-refractivity contribution in [3.8, 4) is 11.5 Å². The molecule has 1 aromatic rings. The van der Waals surface area contributed by atoms with Gasteiger partial charge in [0, 0.05) is 26.2 Å². The Balaban J connectivity index is 1.80. The zero-order chi connectivity index (χ0) is 15.1. The van der Waals surface area contributed by atoms with Gasteiger partial charge in [0.1, 0.15) is 0 Å². The number of methoxy groups -OCH3 is 1. The number of carbonyl (C=O) groups excluding carboxylic acids is 1. The van der Waals surface area contributed by atoms with Crippen molar-refractivity contribution in [3.05, 3.63) is 24.3 Å². The minimum atomic E-state index is 0.0389. The van der Waals surface area contributed by atoms with Gasteiger partial charge in [0.25, 0.3) is 5.91 Å². The number of benzene rings is 1. The first kappa shape index (κ1) is 15.6. The third kappa shape index (κ3) is 4.36. The zero-order valence-corrected chi connectivity index (χ0v) is 12.9. The van der Waals surface area contributed by atoms with Crippen LogP contribution in [0, 0.1) is 0 Å². The van der Waals surface area contributed by atoms with Crippen LogP contribution in [-0.4, -0.2) is 62.1 Å². The van der Waals surface area contributed by atoms with E-state index in [9.17, 15) is 4.79 Å². The van der Waals surface area contributed by atoms with E-state index in [-0.39, 0.29) is 12.5 Å². The fourth-order valence-electron chi connectivity index (χ4n) is 2.51. The summed E-state index contributed by atoms with van der Waals surface area (Å²) in [6.07, 6.45) is 1.16. The highest BCUT2D eigenvalue weighted by molar-refractivity contribution is 5.78. The summed E-state index contributed by atoms with van der Waals surface area (Å²) in [5.74, 6) is 1.30. The van der Waals surface area contributed by atoms with Gasteiger partial charge in [-0.05, 0) is 25.1 Å². The van der Waals surface area contributed by atoms with Crippen LogP contribution in [-0.2, 0) is 4.79 Å².